The topological polar surface area (TPSA) is 203 Å². The molecule has 1 aromatic carbocycles. The van der Waals surface area contributed by atoms with Gasteiger partial charge in [-0.15, -0.1) is 0 Å². The summed E-state index contributed by atoms with van der Waals surface area (Å²) in [6.07, 6.45) is 0.182. The molecule has 37 heavy (non-hydrogen) atoms. The van der Waals surface area contributed by atoms with E-state index in [1.807, 2.05) is 13.8 Å². The van der Waals surface area contributed by atoms with Crippen molar-refractivity contribution in [2.45, 2.75) is 56.3 Å². The van der Waals surface area contributed by atoms with E-state index in [1.54, 1.807) is 12.1 Å². The quantitative estimate of drug-likeness (QED) is 0.155. The van der Waals surface area contributed by atoms with Crippen LogP contribution < -0.4 is 26.0 Å². The van der Waals surface area contributed by atoms with Crippen LogP contribution in [-0.2, 0) is 9.59 Å². The monoisotopic (exact) mass is 514 g/mol. The van der Waals surface area contributed by atoms with E-state index in [2.05, 4.69) is 21.3 Å². The third-order valence-electron chi connectivity index (χ3n) is 7.84. The van der Waals surface area contributed by atoms with Crippen LogP contribution in [0.5, 0.6) is 5.75 Å². The lowest BCUT2D eigenvalue weighted by molar-refractivity contribution is -0.232. The number of rotatable bonds is 5. The molecule has 4 atom stereocenters. The highest BCUT2D eigenvalue weighted by Gasteiger charge is 2.74. The number of nitrogens with one attached hydrogen (secondary N) is 6. The van der Waals surface area contributed by atoms with E-state index in [4.69, 9.17) is 15.6 Å². The molecule has 0 radical (unpaired) electrons. The Bertz CT molecular complexity index is 1220. The Balaban J connectivity index is 1.45. The standard InChI is InChI=1S/C23H30N8O6/c1-10-6-12(7-14(37-3)11(10)2)19(34)27-15-9-31-21(25)26-13(8-30-16(32)4-5-17(30)33)18-22(31,23(15,35)36)29-20(24)28-18/h6-7,13,15,18,35-36H,4-5,8-9H2,1-3H3,(H2,25,26)(H,27,34)(H3,24,28,29)/t13-,15?,18-,22-/m0/s1. The van der Waals surface area contributed by atoms with Gasteiger partial charge in [-0.3, -0.25) is 30.1 Å². The number of hydrogen-bond donors (Lipinski definition) is 8. The molecule has 0 saturated carbocycles. The number of carbonyl (C=O) groups excluding carboxylic acids is 3. The van der Waals surface area contributed by atoms with Crippen molar-refractivity contribution in [2.75, 3.05) is 20.2 Å². The molecular weight excluding hydrogens is 484 g/mol. The minimum absolute atomic E-state index is 0.0910. The molecule has 3 amide bonds. The highest BCUT2D eigenvalue weighted by atomic mass is 16.5. The number of amides is 3. The third kappa shape index (κ3) is 3.50. The first-order valence-electron chi connectivity index (χ1n) is 11.9. The summed E-state index contributed by atoms with van der Waals surface area (Å²) in [5.41, 5.74) is 0.123. The van der Waals surface area contributed by atoms with E-state index < -0.39 is 35.5 Å². The van der Waals surface area contributed by atoms with Gasteiger partial charge in [-0.2, -0.15) is 0 Å². The minimum atomic E-state index is -2.67. The second-order valence-electron chi connectivity index (χ2n) is 9.87. The molecule has 4 aliphatic heterocycles. The minimum Gasteiger partial charge on any atom is -0.496 e. The van der Waals surface area contributed by atoms with E-state index >= 15 is 0 Å². The molecule has 4 saturated heterocycles. The fraction of sp³-hybridized carbons (Fsp3) is 0.522. The van der Waals surface area contributed by atoms with Gasteiger partial charge in [-0.1, -0.05) is 0 Å². The van der Waals surface area contributed by atoms with Crippen molar-refractivity contribution in [3.63, 3.8) is 0 Å². The molecule has 8 N–H and O–H groups in total. The van der Waals surface area contributed by atoms with Crippen LogP contribution in [0.25, 0.3) is 0 Å². The number of benzene rings is 1. The second kappa shape index (κ2) is 8.31. The number of nitrogens with zero attached hydrogens (tertiary/aromatic N) is 2. The molecule has 1 unspecified atom stereocenters. The zero-order valence-electron chi connectivity index (χ0n) is 20.6. The van der Waals surface area contributed by atoms with Crippen LogP contribution in [0.1, 0.15) is 34.3 Å². The van der Waals surface area contributed by atoms with E-state index in [-0.39, 0.29) is 55.2 Å². The summed E-state index contributed by atoms with van der Waals surface area (Å²) in [6, 6.07) is 0.191. The predicted octanol–water partition coefficient (Wildman–Crippen LogP) is -2.35. The summed E-state index contributed by atoms with van der Waals surface area (Å²) >= 11 is 0. The lowest BCUT2D eigenvalue weighted by atomic mass is 9.84. The summed E-state index contributed by atoms with van der Waals surface area (Å²) in [6.45, 7) is 3.40. The Labute approximate surface area is 212 Å². The second-order valence-corrected chi connectivity index (χ2v) is 9.87. The van der Waals surface area contributed by atoms with Gasteiger partial charge < -0.3 is 41.1 Å². The summed E-state index contributed by atoms with van der Waals surface area (Å²) in [4.78, 5) is 40.1. The zero-order valence-corrected chi connectivity index (χ0v) is 20.6. The summed E-state index contributed by atoms with van der Waals surface area (Å²) in [7, 11) is 1.50. The van der Waals surface area contributed by atoms with Crippen molar-refractivity contribution < 1.29 is 29.3 Å². The molecule has 0 aliphatic carbocycles. The molecule has 198 valence electrons. The highest BCUT2D eigenvalue weighted by Crippen LogP contribution is 2.43. The van der Waals surface area contributed by atoms with Crippen molar-refractivity contribution in [3.05, 3.63) is 28.8 Å². The van der Waals surface area contributed by atoms with Gasteiger partial charge in [0.1, 0.15) is 11.8 Å². The van der Waals surface area contributed by atoms with Crippen LogP contribution in [0, 0.1) is 24.7 Å². The first-order chi connectivity index (χ1) is 17.4. The normalized spacial score (nSPS) is 29.9. The van der Waals surface area contributed by atoms with Gasteiger partial charge in [-0.05, 0) is 37.1 Å². The Kier molecular flexibility index (Phi) is 5.56. The number of likely N-dealkylation sites (tertiary alicyclic amines) is 1. The van der Waals surface area contributed by atoms with Crippen molar-refractivity contribution in [1.29, 1.82) is 10.8 Å². The van der Waals surface area contributed by atoms with Crippen molar-refractivity contribution in [2.24, 2.45) is 0 Å². The van der Waals surface area contributed by atoms with Gasteiger partial charge in [0.25, 0.3) is 5.91 Å². The summed E-state index contributed by atoms with van der Waals surface area (Å²) < 4.78 is 5.35. The van der Waals surface area contributed by atoms with Crippen molar-refractivity contribution >= 4 is 29.6 Å². The number of guanidine groups is 2. The predicted molar refractivity (Wildman–Crippen MR) is 129 cm³/mol. The Morgan fingerprint density at radius 3 is 2.51 bits per heavy atom. The maximum absolute atomic E-state index is 13.2. The van der Waals surface area contributed by atoms with Gasteiger partial charge in [-0.25, -0.2) is 0 Å². The lowest BCUT2D eigenvalue weighted by Crippen LogP contribution is -2.81. The highest BCUT2D eigenvalue weighted by molar-refractivity contribution is 6.02. The number of hydrogen-bond acceptors (Lipinski definition) is 8. The van der Waals surface area contributed by atoms with Crippen LogP contribution in [-0.4, -0.2) is 99.4 Å². The number of aliphatic hydroxyl groups is 2. The van der Waals surface area contributed by atoms with E-state index in [9.17, 15) is 24.6 Å². The van der Waals surface area contributed by atoms with E-state index in [1.165, 1.54) is 12.0 Å². The summed E-state index contributed by atoms with van der Waals surface area (Å²) in [5.74, 6) is -3.86. The fourth-order valence-corrected chi connectivity index (χ4v) is 5.77. The first kappa shape index (κ1) is 24.8. The number of methoxy groups -OCH3 is 1. The lowest BCUT2D eigenvalue weighted by Gasteiger charge is -2.51. The van der Waals surface area contributed by atoms with Crippen molar-refractivity contribution in [1.82, 2.24) is 31.1 Å². The Morgan fingerprint density at radius 1 is 1.19 bits per heavy atom. The van der Waals surface area contributed by atoms with Crippen LogP contribution in [0.3, 0.4) is 0 Å². The van der Waals surface area contributed by atoms with Crippen LogP contribution in [0.4, 0.5) is 0 Å². The molecule has 1 spiro atoms. The molecule has 14 heteroatoms. The molecule has 5 rings (SSSR count). The third-order valence-corrected chi connectivity index (χ3v) is 7.84. The van der Waals surface area contributed by atoms with Gasteiger partial charge in [0.15, 0.2) is 17.6 Å². The molecule has 14 nitrogen and oxygen atoms in total. The Morgan fingerprint density at radius 2 is 1.86 bits per heavy atom. The fourth-order valence-electron chi connectivity index (χ4n) is 5.77. The van der Waals surface area contributed by atoms with Gasteiger partial charge in [0, 0.05) is 24.9 Å². The molecule has 0 bridgehead atoms. The van der Waals surface area contributed by atoms with Crippen LogP contribution >= 0.6 is 0 Å². The maximum Gasteiger partial charge on any atom is 0.251 e. The molecule has 1 aromatic rings. The zero-order chi connectivity index (χ0) is 26.9. The molecule has 4 heterocycles. The smallest absolute Gasteiger partial charge is 0.251 e. The molecule has 4 aliphatic rings. The average Bonchev–Trinajstić information content (AvgIpc) is 3.43. The molecule has 0 aromatic heterocycles. The molecule has 4 fully saturated rings. The Hall–Kier alpha value is -3.91. The SMILES string of the molecule is COc1cc(C(=O)NC2CN3C(=N)N[C@@H](CN4C(=O)CCC4=O)[C@@H]4NC(=N)N[C@@]43C2(O)O)cc(C)c1C. The largest absolute Gasteiger partial charge is 0.496 e. The van der Waals surface area contributed by atoms with E-state index in [0.717, 1.165) is 16.0 Å². The average molecular weight is 515 g/mol. The van der Waals surface area contributed by atoms with Crippen LogP contribution in [0.2, 0.25) is 0 Å². The van der Waals surface area contributed by atoms with Gasteiger partial charge in [0.2, 0.25) is 17.6 Å². The number of aryl methyl sites for hydroxylation is 1. The number of carbonyl (C=O) groups is 3. The summed E-state index contributed by atoms with van der Waals surface area (Å²) in [5, 5.41) is 51.1. The molecular formula is C23H30N8O6. The number of ether oxygens (including phenoxy) is 1. The number of imide groups is 1. The maximum atomic E-state index is 13.2. The first-order valence-corrected chi connectivity index (χ1v) is 11.9. The van der Waals surface area contributed by atoms with Gasteiger partial charge in [0.05, 0.1) is 25.7 Å². The van der Waals surface area contributed by atoms with Crippen LogP contribution in [0.15, 0.2) is 12.1 Å². The van der Waals surface area contributed by atoms with E-state index in [0.29, 0.717) is 5.75 Å². The van der Waals surface area contributed by atoms with Crippen molar-refractivity contribution in [3.8, 4) is 5.75 Å². The van der Waals surface area contributed by atoms with Gasteiger partial charge >= 0.3 is 0 Å².